The van der Waals surface area contributed by atoms with Crippen LogP contribution in [-0.2, 0) is 19.4 Å². The van der Waals surface area contributed by atoms with Crippen LogP contribution in [0.25, 0.3) is 0 Å². The van der Waals surface area contributed by atoms with E-state index in [1.165, 1.54) is 0 Å². The van der Waals surface area contributed by atoms with Gasteiger partial charge >= 0.3 is 0 Å². The molecule has 0 bridgehead atoms. The molecule has 4 nitrogen and oxygen atoms in total. The molecule has 6 heteroatoms. The maximum atomic E-state index is 6.51. The van der Waals surface area contributed by atoms with Crippen molar-refractivity contribution >= 4 is 27.5 Å². The summed E-state index contributed by atoms with van der Waals surface area (Å²) in [4.78, 5) is 0. The lowest BCUT2D eigenvalue weighted by atomic mass is 10.0. The van der Waals surface area contributed by atoms with Crippen LogP contribution in [0.3, 0.4) is 0 Å². The fraction of sp³-hybridized carbons (Fsp3) is 0.533. The molecule has 0 fully saturated rings. The van der Waals surface area contributed by atoms with Gasteiger partial charge in [-0.15, -0.1) is 0 Å². The van der Waals surface area contributed by atoms with Crippen LogP contribution in [0.2, 0.25) is 5.02 Å². The number of aromatic nitrogens is 2. The number of hydrogen-bond donors (Lipinski definition) is 1. The number of likely N-dealkylation sites (N-methyl/N-ethyl adjacent to an activating group) is 1. The number of rotatable bonds is 7. The zero-order valence-electron chi connectivity index (χ0n) is 12.6. The van der Waals surface area contributed by atoms with Gasteiger partial charge < -0.3 is 9.73 Å². The van der Waals surface area contributed by atoms with E-state index in [0.717, 1.165) is 52.6 Å². The third-order valence-corrected chi connectivity index (χ3v) is 4.64. The Hall–Kier alpha value is -0.780. The molecule has 21 heavy (non-hydrogen) atoms. The molecule has 1 atom stereocenters. The fourth-order valence-electron chi connectivity index (χ4n) is 2.50. The highest BCUT2D eigenvalue weighted by Gasteiger charge is 2.22. The van der Waals surface area contributed by atoms with Crippen molar-refractivity contribution in [1.82, 2.24) is 15.1 Å². The second kappa shape index (κ2) is 7.47. The predicted molar refractivity (Wildman–Crippen MR) is 88.8 cm³/mol. The lowest BCUT2D eigenvalue weighted by Crippen LogP contribution is -2.24. The Balaban J connectivity index is 2.33. The minimum absolute atomic E-state index is 0.146. The zero-order valence-corrected chi connectivity index (χ0v) is 15.0. The first-order valence-corrected chi connectivity index (χ1v) is 8.49. The summed E-state index contributed by atoms with van der Waals surface area (Å²) >= 11 is 9.97. The highest BCUT2D eigenvalue weighted by molar-refractivity contribution is 9.10. The smallest absolute Gasteiger partial charge is 0.173 e. The molecule has 2 aromatic heterocycles. The number of nitrogens with zero attached hydrogens (tertiary/aromatic N) is 2. The normalized spacial score (nSPS) is 12.8. The molecule has 1 N–H and O–H groups in total. The molecule has 116 valence electrons. The molecule has 1 unspecified atom stereocenters. The van der Waals surface area contributed by atoms with Crippen molar-refractivity contribution in [1.29, 1.82) is 0 Å². The fourth-order valence-corrected chi connectivity index (χ4v) is 3.36. The van der Waals surface area contributed by atoms with E-state index in [1.54, 1.807) is 6.26 Å². The quantitative estimate of drug-likeness (QED) is 0.782. The van der Waals surface area contributed by atoms with Crippen molar-refractivity contribution in [2.75, 3.05) is 6.54 Å². The van der Waals surface area contributed by atoms with Crippen LogP contribution in [0.5, 0.6) is 0 Å². The molecule has 0 aliphatic rings. The van der Waals surface area contributed by atoms with Gasteiger partial charge in [0.2, 0.25) is 0 Å². The molecule has 0 saturated heterocycles. The van der Waals surface area contributed by atoms with E-state index in [1.807, 2.05) is 10.7 Å². The van der Waals surface area contributed by atoms with Gasteiger partial charge in [-0.1, -0.05) is 25.4 Å². The third kappa shape index (κ3) is 3.52. The zero-order chi connectivity index (χ0) is 15.4. The van der Waals surface area contributed by atoms with Crippen LogP contribution >= 0.6 is 27.5 Å². The van der Waals surface area contributed by atoms with Gasteiger partial charge in [0.1, 0.15) is 0 Å². The standard InChI is InChI=1S/C15H21BrClN3O/c1-4-11-14(17)13(20(6-3)19-11)9-12(18-5-2)10-7-8-21-15(10)16/h7-8,12,18H,4-6,9H2,1-3H3. The molecule has 2 aromatic rings. The summed E-state index contributed by atoms with van der Waals surface area (Å²) in [5, 5.41) is 8.87. The Labute approximate surface area is 139 Å². The summed E-state index contributed by atoms with van der Waals surface area (Å²) in [6.45, 7) is 7.95. The van der Waals surface area contributed by atoms with E-state index < -0.39 is 0 Å². The molecule has 2 heterocycles. The van der Waals surface area contributed by atoms with Crippen molar-refractivity contribution < 1.29 is 4.42 Å². The minimum atomic E-state index is 0.146. The van der Waals surface area contributed by atoms with Crippen molar-refractivity contribution in [3.8, 4) is 0 Å². The number of furan rings is 1. The minimum Gasteiger partial charge on any atom is -0.457 e. The van der Waals surface area contributed by atoms with Crippen molar-refractivity contribution in [2.45, 2.75) is 46.2 Å². The van der Waals surface area contributed by atoms with Crippen LogP contribution < -0.4 is 5.32 Å². The SMILES string of the molecule is CCNC(Cc1c(Cl)c(CC)nn1CC)c1ccoc1Br. The number of hydrogen-bond acceptors (Lipinski definition) is 3. The Morgan fingerprint density at radius 2 is 2.19 bits per heavy atom. The van der Waals surface area contributed by atoms with E-state index >= 15 is 0 Å². The molecule has 0 saturated carbocycles. The predicted octanol–water partition coefficient (Wildman–Crippen LogP) is 4.37. The highest BCUT2D eigenvalue weighted by Crippen LogP contribution is 2.30. The first-order chi connectivity index (χ1) is 10.1. The molecule has 0 aromatic carbocycles. The number of halogens is 2. The summed E-state index contributed by atoms with van der Waals surface area (Å²) < 4.78 is 8.13. The first kappa shape index (κ1) is 16.6. The van der Waals surface area contributed by atoms with Crippen molar-refractivity contribution in [3.63, 3.8) is 0 Å². The molecule has 2 rings (SSSR count). The molecular formula is C15H21BrClN3O. The van der Waals surface area contributed by atoms with E-state index in [-0.39, 0.29) is 6.04 Å². The summed E-state index contributed by atoms with van der Waals surface area (Å²) in [6, 6.07) is 2.13. The van der Waals surface area contributed by atoms with Crippen molar-refractivity contribution in [3.05, 3.63) is 39.0 Å². The van der Waals surface area contributed by atoms with E-state index in [9.17, 15) is 0 Å². The second-order valence-electron chi connectivity index (χ2n) is 4.84. The van der Waals surface area contributed by atoms with Gasteiger partial charge in [0.05, 0.1) is 22.7 Å². The lowest BCUT2D eigenvalue weighted by molar-refractivity contribution is 0.492. The summed E-state index contributed by atoms with van der Waals surface area (Å²) in [5.41, 5.74) is 3.15. The van der Waals surface area contributed by atoms with Gasteiger partial charge in [0.25, 0.3) is 0 Å². The monoisotopic (exact) mass is 373 g/mol. The van der Waals surface area contributed by atoms with Gasteiger partial charge in [-0.2, -0.15) is 5.10 Å². The Bertz CT molecular complexity index is 594. The highest BCUT2D eigenvalue weighted by atomic mass is 79.9. The Morgan fingerprint density at radius 1 is 1.43 bits per heavy atom. The van der Waals surface area contributed by atoms with E-state index in [4.69, 9.17) is 16.0 Å². The molecule has 0 aliphatic heterocycles. The maximum Gasteiger partial charge on any atom is 0.173 e. The van der Waals surface area contributed by atoms with Gasteiger partial charge in [-0.25, -0.2) is 0 Å². The summed E-state index contributed by atoms with van der Waals surface area (Å²) in [6.07, 6.45) is 3.33. The maximum absolute atomic E-state index is 6.51. The Morgan fingerprint density at radius 3 is 2.71 bits per heavy atom. The van der Waals surface area contributed by atoms with Crippen molar-refractivity contribution in [2.24, 2.45) is 0 Å². The largest absolute Gasteiger partial charge is 0.457 e. The number of nitrogens with one attached hydrogen (secondary N) is 1. The van der Waals surface area contributed by atoms with Crippen LogP contribution in [-0.4, -0.2) is 16.3 Å². The molecule has 0 radical (unpaired) electrons. The third-order valence-electron chi connectivity index (χ3n) is 3.56. The summed E-state index contributed by atoms with van der Waals surface area (Å²) in [5.74, 6) is 0. The van der Waals surface area contributed by atoms with Gasteiger partial charge in [-0.3, -0.25) is 4.68 Å². The van der Waals surface area contributed by atoms with E-state index in [0.29, 0.717) is 0 Å². The lowest BCUT2D eigenvalue weighted by Gasteiger charge is -2.18. The van der Waals surface area contributed by atoms with Crippen LogP contribution in [0.15, 0.2) is 21.4 Å². The molecule has 0 amide bonds. The van der Waals surface area contributed by atoms with Gasteiger partial charge in [0.15, 0.2) is 4.67 Å². The van der Waals surface area contributed by atoms with E-state index in [2.05, 4.69) is 47.1 Å². The van der Waals surface area contributed by atoms with Crippen LogP contribution in [0.1, 0.15) is 43.8 Å². The Kier molecular flexibility index (Phi) is 5.90. The number of aryl methyl sites for hydroxylation is 2. The van der Waals surface area contributed by atoms with Gasteiger partial charge in [0, 0.05) is 24.6 Å². The molecule has 0 spiro atoms. The topological polar surface area (TPSA) is 43.0 Å². The molecular weight excluding hydrogens is 354 g/mol. The average Bonchev–Trinajstić information content (AvgIpc) is 3.03. The van der Waals surface area contributed by atoms with Crippen LogP contribution in [0.4, 0.5) is 0 Å². The first-order valence-electron chi connectivity index (χ1n) is 7.32. The second-order valence-corrected chi connectivity index (χ2v) is 5.94. The molecule has 0 aliphatic carbocycles. The van der Waals surface area contributed by atoms with Crippen LogP contribution in [0, 0.1) is 0 Å². The summed E-state index contributed by atoms with van der Waals surface area (Å²) in [7, 11) is 0. The average molecular weight is 375 g/mol. The van der Waals surface area contributed by atoms with Gasteiger partial charge in [-0.05, 0) is 41.9 Å².